The molecule has 0 N–H and O–H groups in total. The Bertz CT molecular complexity index is 436. The van der Waals surface area contributed by atoms with E-state index in [9.17, 15) is 0 Å². The van der Waals surface area contributed by atoms with Gasteiger partial charge >= 0.3 is 0 Å². The van der Waals surface area contributed by atoms with Gasteiger partial charge in [-0.15, -0.1) is 11.3 Å². The van der Waals surface area contributed by atoms with Crippen LogP contribution in [0.5, 0.6) is 0 Å². The third kappa shape index (κ3) is 2.51. The van der Waals surface area contributed by atoms with Crippen molar-refractivity contribution in [3.05, 3.63) is 39.9 Å². The molecule has 0 saturated carbocycles. The van der Waals surface area contributed by atoms with Crippen molar-refractivity contribution in [3.8, 4) is 0 Å². The number of rotatable bonds is 4. The van der Waals surface area contributed by atoms with Crippen LogP contribution in [0.4, 0.5) is 0 Å². The van der Waals surface area contributed by atoms with Crippen LogP contribution in [0.2, 0.25) is 0 Å². The Morgan fingerprint density at radius 1 is 1.56 bits per heavy atom. The van der Waals surface area contributed by atoms with Crippen molar-refractivity contribution >= 4 is 11.3 Å². The van der Waals surface area contributed by atoms with Crippen molar-refractivity contribution < 1.29 is 4.52 Å². The largest absolute Gasteiger partial charge is 0.360 e. The van der Waals surface area contributed by atoms with E-state index in [-0.39, 0.29) is 0 Å². The lowest BCUT2D eigenvalue weighted by Crippen LogP contribution is -2.20. The highest BCUT2D eigenvalue weighted by Gasteiger charge is 2.14. The van der Waals surface area contributed by atoms with Gasteiger partial charge in [-0.25, -0.2) is 0 Å². The van der Waals surface area contributed by atoms with Crippen molar-refractivity contribution in [3.63, 3.8) is 0 Å². The second-order valence-electron chi connectivity index (χ2n) is 4.04. The molecule has 0 radical (unpaired) electrons. The molecule has 2 rings (SSSR count). The van der Waals surface area contributed by atoms with E-state index in [0.29, 0.717) is 6.04 Å². The molecular formula is C12H16N2OS. The smallest absolute Gasteiger partial charge is 0.150 e. The molecule has 4 heteroatoms. The molecule has 1 unspecified atom stereocenters. The lowest BCUT2D eigenvalue weighted by atomic mass is 10.2. The Kier molecular flexibility index (Phi) is 3.41. The van der Waals surface area contributed by atoms with Gasteiger partial charge < -0.3 is 4.52 Å². The fraction of sp³-hybridized carbons (Fsp3) is 0.417. The van der Waals surface area contributed by atoms with E-state index in [2.05, 4.69) is 41.5 Å². The predicted molar refractivity (Wildman–Crippen MR) is 65.4 cm³/mol. The minimum Gasteiger partial charge on any atom is -0.360 e. The van der Waals surface area contributed by atoms with Gasteiger partial charge in [-0.3, -0.25) is 4.90 Å². The third-order valence-corrected chi connectivity index (χ3v) is 3.74. The molecule has 1 atom stereocenters. The van der Waals surface area contributed by atoms with E-state index in [1.54, 1.807) is 11.3 Å². The Morgan fingerprint density at radius 2 is 2.38 bits per heavy atom. The van der Waals surface area contributed by atoms with Gasteiger partial charge in [-0.1, -0.05) is 11.2 Å². The summed E-state index contributed by atoms with van der Waals surface area (Å²) in [5.41, 5.74) is 0.937. The Labute approximate surface area is 99.7 Å². The molecule has 0 fully saturated rings. The minimum atomic E-state index is 0.408. The highest BCUT2D eigenvalue weighted by molar-refractivity contribution is 7.10. The van der Waals surface area contributed by atoms with Gasteiger partial charge in [0.25, 0.3) is 0 Å². The van der Waals surface area contributed by atoms with Gasteiger partial charge in [0.2, 0.25) is 0 Å². The summed E-state index contributed by atoms with van der Waals surface area (Å²) in [5, 5.41) is 6.00. The lowest BCUT2D eigenvalue weighted by Gasteiger charge is -2.22. The van der Waals surface area contributed by atoms with Crippen LogP contribution in [0.3, 0.4) is 0 Å². The SMILES string of the molecule is Cc1cc(CN(C)C(C)c2cccs2)on1. The molecule has 0 amide bonds. The molecule has 2 heterocycles. The molecular weight excluding hydrogens is 220 g/mol. The van der Waals surface area contributed by atoms with Crippen molar-refractivity contribution in [2.45, 2.75) is 26.4 Å². The average Bonchev–Trinajstić information content (AvgIpc) is 2.88. The highest BCUT2D eigenvalue weighted by Crippen LogP contribution is 2.24. The maximum absolute atomic E-state index is 5.21. The summed E-state index contributed by atoms with van der Waals surface area (Å²) in [6.07, 6.45) is 0. The molecule has 0 aromatic carbocycles. The summed E-state index contributed by atoms with van der Waals surface area (Å²) in [5.74, 6) is 0.920. The van der Waals surface area contributed by atoms with Gasteiger partial charge in [-0.2, -0.15) is 0 Å². The van der Waals surface area contributed by atoms with Crippen LogP contribution in [0.15, 0.2) is 28.1 Å². The molecule has 16 heavy (non-hydrogen) atoms. The highest BCUT2D eigenvalue weighted by atomic mass is 32.1. The van der Waals surface area contributed by atoms with Crippen molar-refractivity contribution in [2.75, 3.05) is 7.05 Å². The van der Waals surface area contributed by atoms with Gasteiger partial charge in [0.05, 0.1) is 12.2 Å². The van der Waals surface area contributed by atoms with E-state index >= 15 is 0 Å². The molecule has 86 valence electrons. The standard InChI is InChI=1S/C12H16N2OS/c1-9-7-11(15-13-9)8-14(3)10(2)12-5-4-6-16-12/h4-7,10H,8H2,1-3H3. The first-order chi connectivity index (χ1) is 7.66. The molecule has 2 aromatic rings. The van der Waals surface area contributed by atoms with Gasteiger partial charge in [0.1, 0.15) is 0 Å². The molecule has 0 aliphatic rings. The fourth-order valence-electron chi connectivity index (χ4n) is 1.62. The number of aryl methyl sites for hydroxylation is 1. The quantitative estimate of drug-likeness (QED) is 0.816. The Hall–Kier alpha value is -1.13. The Morgan fingerprint density at radius 3 is 2.94 bits per heavy atom. The normalized spacial score (nSPS) is 13.2. The van der Waals surface area contributed by atoms with E-state index in [4.69, 9.17) is 4.52 Å². The maximum atomic E-state index is 5.21. The number of hydrogen-bond donors (Lipinski definition) is 0. The summed E-state index contributed by atoms with van der Waals surface area (Å²) in [6.45, 7) is 4.94. The van der Waals surface area contributed by atoms with E-state index < -0.39 is 0 Å². The van der Waals surface area contributed by atoms with E-state index in [1.165, 1.54) is 4.88 Å². The maximum Gasteiger partial charge on any atom is 0.150 e. The fourth-order valence-corrected chi connectivity index (χ4v) is 2.47. The summed E-state index contributed by atoms with van der Waals surface area (Å²) >= 11 is 1.79. The topological polar surface area (TPSA) is 29.3 Å². The molecule has 0 aliphatic carbocycles. The van der Waals surface area contributed by atoms with Crippen LogP contribution in [0, 0.1) is 6.92 Å². The molecule has 2 aromatic heterocycles. The molecule has 3 nitrogen and oxygen atoms in total. The molecule has 0 aliphatic heterocycles. The molecule has 0 spiro atoms. The van der Waals surface area contributed by atoms with Gasteiger partial charge in [0, 0.05) is 17.0 Å². The Balaban J connectivity index is 2.00. The second-order valence-corrected chi connectivity index (χ2v) is 5.02. The second kappa shape index (κ2) is 4.80. The number of aromatic nitrogens is 1. The summed E-state index contributed by atoms with van der Waals surface area (Å²) in [7, 11) is 2.10. The summed E-state index contributed by atoms with van der Waals surface area (Å²) in [4.78, 5) is 3.63. The molecule has 0 saturated heterocycles. The average molecular weight is 236 g/mol. The summed E-state index contributed by atoms with van der Waals surface area (Å²) < 4.78 is 5.21. The number of nitrogens with zero attached hydrogens (tertiary/aromatic N) is 2. The zero-order chi connectivity index (χ0) is 11.5. The zero-order valence-corrected chi connectivity index (χ0v) is 10.6. The van der Waals surface area contributed by atoms with Gasteiger partial charge in [-0.05, 0) is 32.3 Å². The van der Waals surface area contributed by atoms with E-state index in [1.807, 2.05) is 13.0 Å². The van der Waals surface area contributed by atoms with Crippen LogP contribution in [0.25, 0.3) is 0 Å². The molecule has 0 bridgehead atoms. The first kappa shape index (κ1) is 11.4. The predicted octanol–water partition coefficient (Wildman–Crippen LogP) is 3.24. The van der Waals surface area contributed by atoms with Crippen LogP contribution in [-0.2, 0) is 6.54 Å². The third-order valence-electron chi connectivity index (χ3n) is 2.70. The number of thiophene rings is 1. The summed E-state index contributed by atoms with van der Waals surface area (Å²) in [6, 6.07) is 6.64. The van der Waals surface area contributed by atoms with Crippen LogP contribution >= 0.6 is 11.3 Å². The van der Waals surface area contributed by atoms with Gasteiger partial charge in [0.15, 0.2) is 5.76 Å². The van der Waals surface area contributed by atoms with Crippen LogP contribution < -0.4 is 0 Å². The van der Waals surface area contributed by atoms with Crippen LogP contribution in [0.1, 0.15) is 29.3 Å². The van der Waals surface area contributed by atoms with Crippen LogP contribution in [-0.4, -0.2) is 17.1 Å². The lowest BCUT2D eigenvalue weighted by molar-refractivity contribution is 0.223. The first-order valence-corrected chi connectivity index (χ1v) is 6.20. The first-order valence-electron chi connectivity index (χ1n) is 5.32. The minimum absolute atomic E-state index is 0.408. The zero-order valence-electron chi connectivity index (χ0n) is 9.80. The van der Waals surface area contributed by atoms with Crippen molar-refractivity contribution in [2.24, 2.45) is 0 Å². The van der Waals surface area contributed by atoms with Crippen molar-refractivity contribution in [1.82, 2.24) is 10.1 Å². The number of hydrogen-bond acceptors (Lipinski definition) is 4. The monoisotopic (exact) mass is 236 g/mol. The van der Waals surface area contributed by atoms with Crippen molar-refractivity contribution in [1.29, 1.82) is 0 Å². The van der Waals surface area contributed by atoms with E-state index in [0.717, 1.165) is 18.0 Å².